The number of methoxy groups -OCH3 is 1. The minimum Gasteiger partial charge on any atom is -0.466 e. The monoisotopic (exact) mass is 425 g/mol. The van der Waals surface area contributed by atoms with Gasteiger partial charge in [0.1, 0.15) is 0 Å². The van der Waals surface area contributed by atoms with Gasteiger partial charge in [-0.2, -0.15) is 0 Å². The number of hydrogen-bond donors (Lipinski definition) is 0. The molecule has 0 saturated heterocycles. The first-order valence-electron chi connectivity index (χ1n) is 8.76. The fourth-order valence-corrected chi connectivity index (χ4v) is 4.44. The quantitative estimate of drug-likeness (QED) is 0.604. The third-order valence-corrected chi connectivity index (χ3v) is 5.83. The number of benzene rings is 1. The van der Waals surface area contributed by atoms with E-state index >= 15 is 0 Å². The van der Waals surface area contributed by atoms with Gasteiger partial charge >= 0.3 is 5.97 Å². The molecule has 3 aromatic rings. The molecule has 1 unspecified atom stereocenters. The van der Waals surface area contributed by atoms with Crippen molar-refractivity contribution < 1.29 is 9.53 Å². The van der Waals surface area contributed by atoms with Gasteiger partial charge in [-0.15, -0.1) is 0 Å². The van der Waals surface area contributed by atoms with Gasteiger partial charge in [0.15, 0.2) is 4.80 Å². The maximum absolute atomic E-state index is 13.3. The molecule has 0 fully saturated rings. The maximum Gasteiger partial charge on any atom is 0.338 e. The molecule has 0 amide bonds. The van der Waals surface area contributed by atoms with Crippen molar-refractivity contribution in [2.75, 3.05) is 7.11 Å². The van der Waals surface area contributed by atoms with Crippen LogP contribution in [-0.4, -0.2) is 22.6 Å². The lowest BCUT2D eigenvalue weighted by Crippen LogP contribution is -2.39. The number of pyridine rings is 1. The Hall–Kier alpha value is -3.03. The van der Waals surface area contributed by atoms with Gasteiger partial charge in [0, 0.05) is 17.4 Å². The van der Waals surface area contributed by atoms with Crippen LogP contribution in [-0.2, 0) is 9.53 Å². The molecule has 0 spiro atoms. The van der Waals surface area contributed by atoms with Crippen molar-refractivity contribution in [3.05, 3.63) is 95.9 Å². The standard InChI is InChI=1S/C21H16ClN3O3S/c1-12-17(20(27)28-2)18(14-5-7-15(22)8-6-14)25-19(26)16(29-21(25)24-12)10-13-4-3-9-23-11-13/h3-11,18H,1-2H3/b16-10-. The molecule has 29 heavy (non-hydrogen) atoms. The molecule has 0 aliphatic carbocycles. The summed E-state index contributed by atoms with van der Waals surface area (Å²) < 4.78 is 7.03. The minimum absolute atomic E-state index is 0.230. The van der Waals surface area contributed by atoms with E-state index < -0.39 is 12.0 Å². The fraction of sp³-hybridized carbons (Fsp3) is 0.143. The number of halogens is 1. The first-order valence-corrected chi connectivity index (χ1v) is 9.95. The Balaban J connectivity index is 1.99. The van der Waals surface area contributed by atoms with Crippen molar-refractivity contribution in [1.82, 2.24) is 9.55 Å². The van der Waals surface area contributed by atoms with Crippen LogP contribution in [0.4, 0.5) is 0 Å². The number of thiazole rings is 1. The average Bonchev–Trinajstić information content (AvgIpc) is 3.02. The smallest absolute Gasteiger partial charge is 0.338 e. The van der Waals surface area contributed by atoms with E-state index in [1.165, 1.54) is 23.0 Å². The van der Waals surface area contributed by atoms with Crippen LogP contribution < -0.4 is 14.9 Å². The van der Waals surface area contributed by atoms with Gasteiger partial charge in [-0.05, 0) is 42.3 Å². The highest BCUT2D eigenvalue weighted by Crippen LogP contribution is 2.31. The summed E-state index contributed by atoms with van der Waals surface area (Å²) >= 11 is 7.30. The van der Waals surface area contributed by atoms with Crippen molar-refractivity contribution >= 4 is 35.0 Å². The van der Waals surface area contributed by atoms with Crippen LogP contribution in [0.2, 0.25) is 5.02 Å². The Morgan fingerprint density at radius 3 is 2.69 bits per heavy atom. The molecule has 8 heteroatoms. The zero-order valence-corrected chi connectivity index (χ0v) is 17.2. The normalized spacial score (nSPS) is 16.4. The summed E-state index contributed by atoms with van der Waals surface area (Å²) in [6.07, 6.45) is 5.12. The Morgan fingerprint density at radius 1 is 1.28 bits per heavy atom. The van der Waals surface area contributed by atoms with Crippen molar-refractivity contribution in [2.45, 2.75) is 13.0 Å². The van der Waals surface area contributed by atoms with E-state index in [1.807, 2.05) is 6.07 Å². The topological polar surface area (TPSA) is 73.6 Å². The molecule has 2 aromatic heterocycles. The maximum atomic E-state index is 13.3. The summed E-state index contributed by atoms with van der Waals surface area (Å²) in [5.41, 5.74) is 2.18. The SMILES string of the molecule is COC(=O)C1=C(C)N=c2s/c(=C\c3cccnc3)c(=O)n2C1c1ccc(Cl)cc1. The Bertz CT molecular complexity index is 1290. The number of hydrogen-bond acceptors (Lipinski definition) is 6. The lowest BCUT2D eigenvalue weighted by atomic mass is 9.96. The predicted molar refractivity (Wildman–Crippen MR) is 111 cm³/mol. The van der Waals surface area contributed by atoms with Crippen molar-refractivity contribution in [2.24, 2.45) is 4.99 Å². The number of esters is 1. The summed E-state index contributed by atoms with van der Waals surface area (Å²) in [6, 6.07) is 10.1. The van der Waals surface area contributed by atoms with Gasteiger partial charge in [0.2, 0.25) is 0 Å². The largest absolute Gasteiger partial charge is 0.466 e. The molecule has 1 aliphatic heterocycles. The van der Waals surface area contributed by atoms with Gasteiger partial charge in [-0.1, -0.05) is 41.1 Å². The molecular formula is C21H16ClN3O3S. The van der Waals surface area contributed by atoms with E-state index in [0.29, 0.717) is 25.6 Å². The van der Waals surface area contributed by atoms with Gasteiger partial charge in [-0.3, -0.25) is 14.3 Å². The summed E-state index contributed by atoms with van der Waals surface area (Å²) in [6.45, 7) is 1.74. The molecular weight excluding hydrogens is 410 g/mol. The van der Waals surface area contributed by atoms with Crippen LogP contribution in [0.3, 0.4) is 0 Å². The Morgan fingerprint density at radius 2 is 2.03 bits per heavy atom. The number of allylic oxidation sites excluding steroid dienone is 1. The lowest BCUT2D eigenvalue weighted by molar-refractivity contribution is -0.136. The highest BCUT2D eigenvalue weighted by Gasteiger charge is 2.32. The number of ether oxygens (including phenoxy) is 1. The summed E-state index contributed by atoms with van der Waals surface area (Å²) in [7, 11) is 1.31. The second-order valence-corrected chi connectivity index (χ2v) is 7.86. The van der Waals surface area contributed by atoms with Crippen LogP contribution in [0.5, 0.6) is 0 Å². The molecule has 1 atom stereocenters. The molecule has 0 radical (unpaired) electrons. The molecule has 146 valence electrons. The van der Waals surface area contributed by atoms with Crippen LogP contribution in [0.15, 0.2) is 69.8 Å². The fourth-order valence-electron chi connectivity index (χ4n) is 3.27. The van der Waals surface area contributed by atoms with Crippen molar-refractivity contribution in [3.8, 4) is 0 Å². The molecule has 0 saturated carbocycles. The second kappa shape index (κ2) is 7.77. The van der Waals surface area contributed by atoms with E-state index in [0.717, 1.165) is 11.1 Å². The number of aromatic nitrogens is 2. The first kappa shape index (κ1) is 19.3. The molecule has 1 aromatic carbocycles. The number of carbonyl (C=O) groups is 1. The molecule has 4 rings (SSSR count). The molecule has 0 N–H and O–H groups in total. The Kier molecular flexibility index (Phi) is 5.17. The number of fused-ring (bicyclic) bond motifs is 1. The molecule has 1 aliphatic rings. The number of nitrogens with zero attached hydrogens (tertiary/aromatic N) is 3. The summed E-state index contributed by atoms with van der Waals surface area (Å²) in [5, 5.41) is 0.568. The highest BCUT2D eigenvalue weighted by atomic mass is 35.5. The van der Waals surface area contributed by atoms with Crippen LogP contribution in [0, 0.1) is 0 Å². The predicted octanol–water partition coefficient (Wildman–Crippen LogP) is 2.46. The third kappa shape index (κ3) is 3.54. The third-order valence-electron chi connectivity index (χ3n) is 4.59. The van der Waals surface area contributed by atoms with Crippen LogP contribution in [0.1, 0.15) is 24.1 Å². The summed E-state index contributed by atoms with van der Waals surface area (Å²) in [5.74, 6) is -0.521. The van der Waals surface area contributed by atoms with E-state index in [-0.39, 0.29) is 5.56 Å². The van der Waals surface area contributed by atoms with E-state index in [2.05, 4.69) is 9.98 Å². The van der Waals surface area contributed by atoms with E-state index in [1.54, 1.807) is 55.7 Å². The van der Waals surface area contributed by atoms with Crippen LogP contribution in [0.25, 0.3) is 6.08 Å². The average molecular weight is 426 g/mol. The van der Waals surface area contributed by atoms with Crippen LogP contribution >= 0.6 is 22.9 Å². The minimum atomic E-state index is -0.646. The van der Waals surface area contributed by atoms with Crippen molar-refractivity contribution in [3.63, 3.8) is 0 Å². The zero-order valence-electron chi connectivity index (χ0n) is 15.6. The Labute approximate surface area is 175 Å². The van der Waals surface area contributed by atoms with Gasteiger partial charge < -0.3 is 4.74 Å². The van der Waals surface area contributed by atoms with E-state index in [9.17, 15) is 9.59 Å². The van der Waals surface area contributed by atoms with Crippen molar-refractivity contribution in [1.29, 1.82) is 0 Å². The lowest BCUT2D eigenvalue weighted by Gasteiger charge is -2.24. The second-order valence-electron chi connectivity index (χ2n) is 6.41. The zero-order chi connectivity index (χ0) is 20.5. The summed E-state index contributed by atoms with van der Waals surface area (Å²) in [4.78, 5) is 35.0. The molecule has 0 bridgehead atoms. The van der Waals surface area contributed by atoms with E-state index in [4.69, 9.17) is 16.3 Å². The number of rotatable bonds is 3. The molecule has 3 heterocycles. The van der Waals surface area contributed by atoms with Gasteiger partial charge in [0.05, 0.1) is 29.0 Å². The molecule has 6 nitrogen and oxygen atoms in total. The number of carbonyl (C=O) groups excluding carboxylic acids is 1. The van der Waals surface area contributed by atoms with Gasteiger partial charge in [-0.25, -0.2) is 9.79 Å². The highest BCUT2D eigenvalue weighted by molar-refractivity contribution is 7.07. The van der Waals surface area contributed by atoms with Gasteiger partial charge in [0.25, 0.3) is 5.56 Å². The first-order chi connectivity index (χ1) is 14.0.